The Hall–Kier alpha value is -1.19. The number of aromatic nitrogens is 2. The topological polar surface area (TPSA) is 27.1 Å². The van der Waals surface area contributed by atoms with Gasteiger partial charge in [0.1, 0.15) is 12.4 Å². The normalized spacial score (nSPS) is 10.8. The summed E-state index contributed by atoms with van der Waals surface area (Å²) in [4.78, 5) is 0. The van der Waals surface area contributed by atoms with Gasteiger partial charge in [-0.15, -0.1) is 11.6 Å². The molecule has 0 spiro atoms. The number of nitrogens with zero attached hydrogens (tertiary/aromatic N) is 2. The third kappa shape index (κ3) is 3.28. The summed E-state index contributed by atoms with van der Waals surface area (Å²) in [5.74, 6) is 1.27. The average molecular weight is 313 g/mol. The molecule has 0 unspecified atom stereocenters. The minimum atomic E-state index is 0.408. The van der Waals surface area contributed by atoms with Gasteiger partial charge in [0.25, 0.3) is 0 Å². The molecule has 3 nitrogen and oxygen atoms in total. The summed E-state index contributed by atoms with van der Waals surface area (Å²) in [5.41, 5.74) is 2.87. The lowest BCUT2D eigenvalue weighted by Gasteiger charge is -2.09. The van der Waals surface area contributed by atoms with Crippen molar-refractivity contribution in [3.8, 4) is 5.75 Å². The average Bonchev–Trinajstić information content (AvgIpc) is 2.81. The first-order valence-corrected chi connectivity index (χ1v) is 7.62. The summed E-state index contributed by atoms with van der Waals surface area (Å²) in [6, 6.07) is 7.76. The molecule has 0 aliphatic heterocycles. The molecule has 0 N–H and O–H groups in total. The highest BCUT2D eigenvalue weighted by Crippen LogP contribution is 2.24. The first-order valence-electron chi connectivity index (χ1n) is 6.71. The van der Waals surface area contributed by atoms with E-state index in [1.165, 1.54) is 0 Å². The van der Waals surface area contributed by atoms with E-state index in [2.05, 4.69) is 5.10 Å². The third-order valence-electron chi connectivity index (χ3n) is 3.12. The van der Waals surface area contributed by atoms with Gasteiger partial charge < -0.3 is 4.74 Å². The molecule has 1 aromatic carbocycles. The van der Waals surface area contributed by atoms with Crippen LogP contribution in [0.3, 0.4) is 0 Å². The highest BCUT2D eigenvalue weighted by molar-refractivity contribution is 6.31. The number of hydrogen-bond donors (Lipinski definition) is 0. The number of hydrogen-bond acceptors (Lipinski definition) is 2. The molecule has 2 rings (SSSR count). The fourth-order valence-corrected chi connectivity index (χ4v) is 2.52. The smallest absolute Gasteiger partial charge is 0.131 e. The van der Waals surface area contributed by atoms with Gasteiger partial charge in [-0.1, -0.05) is 30.7 Å². The largest absolute Gasteiger partial charge is 0.487 e. The molecule has 0 fully saturated rings. The second kappa shape index (κ2) is 7.00. The quantitative estimate of drug-likeness (QED) is 0.737. The Balaban J connectivity index is 2.15. The Morgan fingerprint density at radius 3 is 2.75 bits per heavy atom. The van der Waals surface area contributed by atoms with E-state index in [0.717, 1.165) is 35.7 Å². The maximum absolute atomic E-state index is 6.35. The van der Waals surface area contributed by atoms with Crippen molar-refractivity contribution in [3.05, 3.63) is 46.2 Å². The van der Waals surface area contributed by atoms with Gasteiger partial charge in [0.05, 0.1) is 16.4 Å². The van der Waals surface area contributed by atoms with Crippen LogP contribution in [0.1, 0.15) is 30.8 Å². The van der Waals surface area contributed by atoms with Crippen LogP contribution in [-0.4, -0.2) is 9.78 Å². The number of rotatable bonds is 6. The van der Waals surface area contributed by atoms with Crippen LogP contribution in [0.4, 0.5) is 0 Å². The summed E-state index contributed by atoms with van der Waals surface area (Å²) in [6.07, 6.45) is 0.820. The van der Waals surface area contributed by atoms with Crippen molar-refractivity contribution in [2.45, 2.75) is 39.3 Å². The van der Waals surface area contributed by atoms with Gasteiger partial charge >= 0.3 is 0 Å². The van der Waals surface area contributed by atoms with E-state index in [4.69, 9.17) is 27.9 Å². The summed E-state index contributed by atoms with van der Waals surface area (Å²) < 4.78 is 7.71. The SMILES string of the molecule is CCc1nn(CC)c(COc2cccc(CCl)c2)c1Cl. The molecule has 20 heavy (non-hydrogen) atoms. The summed E-state index contributed by atoms with van der Waals surface area (Å²) in [5, 5.41) is 5.19. The third-order valence-corrected chi connectivity index (χ3v) is 3.87. The molecule has 5 heteroatoms. The van der Waals surface area contributed by atoms with Gasteiger partial charge in [0.15, 0.2) is 0 Å². The Morgan fingerprint density at radius 2 is 2.10 bits per heavy atom. The number of aryl methyl sites for hydroxylation is 2. The first-order chi connectivity index (χ1) is 9.69. The molecule has 0 radical (unpaired) electrons. The summed E-state index contributed by atoms with van der Waals surface area (Å²) >= 11 is 12.2. The van der Waals surface area contributed by atoms with Crippen molar-refractivity contribution in [2.24, 2.45) is 0 Å². The number of ether oxygens (including phenoxy) is 1. The van der Waals surface area contributed by atoms with Crippen LogP contribution in [0.15, 0.2) is 24.3 Å². The lowest BCUT2D eigenvalue weighted by molar-refractivity contribution is 0.292. The number of halogens is 2. The Kier molecular flexibility index (Phi) is 5.32. The Labute approximate surface area is 129 Å². The minimum Gasteiger partial charge on any atom is -0.487 e. The zero-order valence-electron chi connectivity index (χ0n) is 11.7. The van der Waals surface area contributed by atoms with Gasteiger partial charge in [0, 0.05) is 12.4 Å². The van der Waals surface area contributed by atoms with Crippen LogP contribution in [0.25, 0.3) is 0 Å². The van der Waals surface area contributed by atoms with E-state index in [0.29, 0.717) is 17.5 Å². The molecule has 1 heterocycles. The van der Waals surface area contributed by atoms with Crippen LogP contribution in [0.2, 0.25) is 5.02 Å². The predicted octanol–water partition coefficient (Wildman–Crippen LogP) is 4.44. The van der Waals surface area contributed by atoms with Crippen LogP contribution in [-0.2, 0) is 25.5 Å². The van der Waals surface area contributed by atoms with Crippen molar-refractivity contribution in [2.75, 3.05) is 0 Å². The zero-order chi connectivity index (χ0) is 14.5. The van der Waals surface area contributed by atoms with E-state index in [9.17, 15) is 0 Å². The predicted molar refractivity (Wildman–Crippen MR) is 82.6 cm³/mol. The lowest BCUT2D eigenvalue weighted by atomic mass is 10.2. The highest BCUT2D eigenvalue weighted by Gasteiger charge is 2.14. The van der Waals surface area contributed by atoms with Crippen molar-refractivity contribution in [1.82, 2.24) is 9.78 Å². The molecular formula is C15H18Cl2N2O. The summed E-state index contributed by atoms with van der Waals surface area (Å²) in [6.45, 7) is 5.27. The van der Waals surface area contributed by atoms with E-state index in [1.54, 1.807) is 0 Å². The van der Waals surface area contributed by atoms with Crippen LogP contribution >= 0.6 is 23.2 Å². The van der Waals surface area contributed by atoms with Crippen molar-refractivity contribution in [1.29, 1.82) is 0 Å². The van der Waals surface area contributed by atoms with Gasteiger partial charge in [-0.05, 0) is 31.0 Å². The second-order valence-electron chi connectivity index (χ2n) is 4.45. The van der Waals surface area contributed by atoms with Crippen molar-refractivity contribution >= 4 is 23.2 Å². The van der Waals surface area contributed by atoms with Crippen LogP contribution in [0.5, 0.6) is 5.75 Å². The van der Waals surface area contributed by atoms with E-state index >= 15 is 0 Å². The maximum atomic E-state index is 6.35. The van der Waals surface area contributed by atoms with Crippen molar-refractivity contribution in [3.63, 3.8) is 0 Å². The number of benzene rings is 1. The molecule has 0 amide bonds. The van der Waals surface area contributed by atoms with Gasteiger partial charge in [-0.2, -0.15) is 5.10 Å². The Bertz CT molecular complexity index is 581. The van der Waals surface area contributed by atoms with E-state index in [-0.39, 0.29) is 0 Å². The second-order valence-corrected chi connectivity index (χ2v) is 5.09. The van der Waals surface area contributed by atoms with E-state index in [1.807, 2.05) is 42.8 Å². The van der Waals surface area contributed by atoms with Crippen LogP contribution in [0, 0.1) is 0 Å². The molecule has 0 atom stereocenters. The molecule has 108 valence electrons. The molecule has 0 aliphatic rings. The van der Waals surface area contributed by atoms with E-state index < -0.39 is 0 Å². The fraction of sp³-hybridized carbons (Fsp3) is 0.400. The first kappa shape index (κ1) is 15.2. The zero-order valence-corrected chi connectivity index (χ0v) is 13.2. The maximum Gasteiger partial charge on any atom is 0.131 e. The monoisotopic (exact) mass is 312 g/mol. The molecule has 2 aromatic rings. The van der Waals surface area contributed by atoms with Gasteiger partial charge in [-0.3, -0.25) is 4.68 Å². The minimum absolute atomic E-state index is 0.408. The molecule has 0 saturated carbocycles. The molecule has 0 aliphatic carbocycles. The molecule has 1 aromatic heterocycles. The van der Waals surface area contributed by atoms with Crippen LogP contribution < -0.4 is 4.74 Å². The fourth-order valence-electron chi connectivity index (χ4n) is 2.03. The van der Waals surface area contributed by atoms with Gasteiger partial charge in [-0.25, -0.2) is 0 Å². The highest BCUT2D eigenvalue weighted by atomic mass is 35.5. The molecule has 0 saturated heterocycles. The lowest BCUT2D eigenvalue weighted by Crippen LogP contribution is -2.06. The van der Waals surface area contributed by atoms with Crippen molar-refractivity contribution < 1.29 is 4.74 Å². The standard InChI is InChI=1S/C15H18Cl2N2O/c1-3-13-15(17)14(19(4-2)18-13)10-20-12-7-5-6-11(8-12)9-16/h5-8H,3-4,9-10H2,1-2H3. The Morgan fingerprint density at radius 1 is 1.30 bits per heavy atom. The summed E-state index contributed by atoms with van der Waals surface area (Å²) in [7, 11) is 0. The molecule has 0 bridgehead atoms. The van der Waals surface area contributed by atoms with Gasteiger partial charge in [0.2, 0.25) is 0 Å². The number of alkyl halides is 1. The molecular weight excluding hydrogens is 295 g/mol.